The summed E-state index contributed by atoms with van der Waals surface area (Å²) in [7, 11) is 0. The van der Waals surface area contributed by atoms with Crippen LogP contribution in [0.3, 0.4) is 0 Å². The van der Waals surface area contributed by atoms with E-state index in [1.807, 2.05) is 13.8 Å². The first-order valence-corrected chi connectivity index (χ1v) is 6.56. The Morgan fingerprint density at radius 1 is 1.41 bits per heavy atom. The third-order valence-corrected chi connectivity index (χ3v) is 3.94. The fourth-order valence-corrected chi connectivity index (χ4v) is 2.82. The Kier molecular flexibility index (Phi) is 3.59. The molecular formula is C12H17N3OS. The van der Waals surface area contributed by atoms with Gasteiger partial charge in [-0.3, -0.25) is 0 Å². The fraction of sp³-hybridized carbons (Fsp3) is 0.500. The van der Waals surface area contributed by atoms with Gasteiger partial charge in [0, 0.05) is 17.8 Å². The molecule has 1 N–H and O–H groups in total. The van der Waals surface area contributed by atoms with E-state index in [1.165, 1.54) is 4.88 Å². The van der Waals surface area contributed by atoms with Crippen molar-refractivity contribution in [2.45, 2.75) is 33.7 Å². The summed E-state index contributed by atoms with van der Waals surface area (Å²) in [6.07, 6.45) is 1.66. The Labute approximate surface area is 105 Å². The standard InChI is InChI=1S/C12H17N3OS/c1-5-13-7(2)11-8(3)14-12(17-11)10-6-16-9(4)15-10/h6-7,13H,5H2,1-4H3. The summed E-state index contributed by atoms with van der Waals surface area (Å²) < 4.78 is 5.22. The Bertz CT molecular complexity index is 504. The molecule has 17 heavy (non-hydrogen) atoms. The molecule has 2 rings (SSSR count). The Morgan fingerprint density at radius 2 is 2.18 bits per heavy atom. The number of hydrogen-bond donors (Lipinski definition) is 1. The van der Waals surface area contributed by atoms with Gasteiger partial charge in [0.25, 0.3) is 0 Å². The van der Waals surface area contributed by atoms with E-state index >= 15 is 0 Å². The summed E-state index contributed by atoms with van der Waals surface area (Å²) in [6.45, 7) is 9.09. The van der Waals surface area contributed by atoms with Gasteiger partial charge in [0.15, 0.2) is 5.89 Å². The van der Waals surface area contributed by atoms with Crippen LogP contribution in [0.1, 0.15) is 36.4 Å². The summed E-state index contributed by atoms with van der Waals surface area (Å²) in [4.78, 5) is 10.1. The number of thiazole rings is 1. The minimum absolute atomic E-state index is 0.333. The molecule has 0 saturated carbocycles. The van der Waals surface area contributed by atoms with Crippen LogP contribution in [0, 0.1) is 13.8 Å². The molecule has 92 valence electrons. The average molecular weight is 251 g/mol. The van der Waals surface area contributed by atoms with E-state index in [9.17, 15) is 0 Å². The van der Waals surface area contributed by atoms with Crippen molar-refractivity contribution in [3.63, 3.8) is 0 Å². The molecule has 0 radical (unpaired) electrons. The quantitative estimate of drug-likeness (QED) is 0.907. The van der Waals surface area contributed by atoms with Gasteiger partial charge in [-0.2, -0.15) is 0 Å². The lowest BCUT2D eigenvalue weighted by molar-refractivity contribution is 0.521. The zero-order valence-corrected chi connectivity index (χ0v) is 11.4. The minimum atomic E-state index is 0.333. The first-order valence-electron chi connectivity index (χ1n) is 5.75. The van der Waals surface area contributed by atoms with Gasteiger partial charge in [-0.15, -0.1) is 11.3 Å². The van der Waals surface area contributed by atoms with Crippen LogP contribution >= 0.6 is 11.3 Å². The molecular weight excluding hydrogens is 234 g/mol. The topological polar surface area (TPSA) is 51.0 Å². The third kappa shape index (κ3) is 2.56. The van der Waals surface area contributed by atoms with E-state index in [0.29, 0.717) is 11.9 Å². The normalized spacial score (nSPS) is 12.9. The molecule has 1 unspecified atom stereocenters. The second kappa shape index (κ2) is 4.98. The molecule has 2 heterocycles. The molecule has 0 aliphatic heterocycles. The van der Waals surface area contributed by atoms with Gasteiger partial charge in [0.2, 0.25) is 0 Å². The van der Waals surface area contributed by atoms with Gasteiger partial charge in [-0.05, 0) is 20.4 Å². The molecule has 4 nitrogen and oxygen atoms in total. The first kappa shape index (κ1) is 12.3. The van der Waals surface area contributed by atoms with E-state index in [2.05, 4.69) is 29.1 Å². The molecule has 0 aliphatic rings. The van der Waals surface area contributed by atoms with E-state index in [-0.39, 0.29) is 0 Å². The van der Waals surface area contributed by atoms with Crippen LogP contribution in [0.5, 0.6) is 0 Å². The molecule has 5 heteroatoms. The molecule has 0 amide bonds. The zero-order chi connectivity index (χ0) is 12.4. The number of oxazole rings is 1. The van der Waals surface area contributed by atoms with Crippen LogP contribution in [0.2, 0.25) is 0 Å². The van der Waals surface area contributed by atoms with Crippen molar-refractivity contribution >= 4 is 11.3 Å². The summed E-state index contributed by atoms with van der Waals surface area (Å²) in [6, 6.07) is 0.333. The Hall–Kier alpha value is -1.20. The summed E-state index contributed by atoms with van der Waals surface area (Å²) in [5, 5.41) is 4.33. The number of nitrogens with zero attached hydrogens (tertiary/aromatic N) is 2. The second-order valence-electron chi connectivity index (χ2n) is 4.00. The van der Waals surface area contributed by atoms with Crippen LogP contribution in [0.4, 0.5) is 0 Å². The van der Waals surface area contributed by atoms with Crippen LogP contribution in [0.15, 0.2) is 10.7 Å². The monoisotopic (exact) mass is 251 g/mol. The highest BCUT2D eigenvalue weighted by Gasteiger charge is 2.16. The maximum atomic E-state index is 5.22. The second-order valence-corrected chi connectivity index (χ2v) is 5.03. The third-order valence-electron chi connectivity index (χ3n) is 2.57. The molecule has 0 saturated heterocycles. The lowest BCUT2D eigenvalue weighted by atomic mass is 10.2. The predicted octanol–water partition coefficient (Wildman–Crippen LogP) is 3.09. The van der Waals surface area contributed by atoms with Crippen molar-refractivity contribution in [1.29, 1.82) is 0 Å². The smallest absolute Gasteiger partial charge is 0.191 e. The number of aromatic nitrogens is 2. The molecule has 2 aromatic rings. The number of rotatable bonds is 4. The van der Waals surface area contributed by atoms with Crippen LogP contribution < -0.4 is 5.32 Å². The van der Waals surface area contributed by atoms with E-state index in [4.69, 9.17) is 4.42 Å². The highest BCUT2D eigenvalue weighted by atomic mass is 32.1. The van der Waals surface area contributed by atoms with Crippen LogP contribution in [-0.2, 0) is 0 Å². The van der Waals surface area contributed by atoms with Gasteiger partial charge in [0.05, 0.1) is 5.69 Å². The van der Waals surface area contributed by atoms with E-state index in [0.717, 1.165) is 22.9 Å². The van der Waals surface area contributed by atoms with Gasteiger partial charge < -0.3 is 9.73 Å². The van der Waals surface area contributed by atoms with Crippen molar-refractivity contribution < 1.29 is 4.42 Å². The Morgan fingerprint density at radius 3 is 2.76 bits per heavy atom. The molecule has 0 spiro atoms. The van der Waals surface area contributed by atoms with Crippen molar-refractivity contribution in [3.05, 3.63) is 22.7 Å². The van der Waals surface area contributed by atoms with Crippen LogP contribution in [0.25, 0.3) is 10.7 Å². The number of aryl methyl sites for hydroxylation is 2. The van der Waals surface area contributed by atoms with E-state index in [1.54, 1.807) is 17.6 Å². The SMILES string of the molecule is CCNC(C)c1sc(-c2coc(C)n2)nc1C. The predicted molar refractivity (Wildman–Crippen MR) is 69.2 cm³/mol. The lowest BCUT2D eigenvalue weighted by Crippen LogP contribution is -2.17. The highest BCUT2D eigenvalue weighted by Crippen LogP contribution is 2.31. The molecule has 1 atom stereocenters. The largest absolute Gasteiger partial charge is 0.449 e. The molecule has 0 aliphatic carbocycles. The average Bonchev–Trinajstić information content (AvgIpc) is 2.85. The Balaban J connectivity index is 2.30. The van der Waals surface area contributed by atoms with Gasteiger partial charge in [-0.25, -0.2) is 9.97 Å². The highest BCUT2D eigenvalue weighted by molar-refractivity contribution is 7.15. The van der Waals surface area contributed by atoms with Gasteiger partial charge >= 0.3 is 0 Å². The zero-order valence-electron chi connectivity index (χ0n) is 10.6. The summed E-state index contributed by atoms with van der Waals surface area (Å²) >= 11 is 1.68. The minimum Gasteiger partial charge on any atom is -0.449 e. The van der Waals surface area contributed by atoms with Crippen molar-refractivity contribution in [2.24, 2.45) is 0 Å². The molecule has 0 fully saturated rings. The van der Waals surface area contributed by atoms with Crippen molar-refractivity contribution in [2.75, 3.05) is 6.54 Å². The fourth-order valence-electron chi connectivity index (χ4n) is 1.78. The first-order chi connectivity index (χ1) is 8.11. The summed E-state index contributed by atoms with van der Waals surface area (Å²) in [5.74, 6) is 0.675. The number of hydrogen-bond acceptors (Lipinski definition) is 5. The molecule has 2 aromatic heterocycles. The maximum absolute atomic E-state index is 5.22. The molecule has 0 aromatic carbocycles. The van der Waals surface area contributed by atoms with Crippen molar-refractivity contribution in [1.82, 2.24) is 15.3 Å². The number of nitrogens with one attached hydrogen (secondary N) is 1. The molecule has 0 bridgehead atoms. The lowest BCUT2D eigenvalue weighted by Gasteiger charge is -2.09. The van der Waals surface area contributed by atoms with Gasteiger partial charge in [-0.1, -0.05) is 6.92 Å². The van der Waals surface area contributed by atoms with E-state index < -0.39 is 0 Å². The summed E-state index contributed by atoms with van der Waals surface area (Å²) in [5.41, 5.74) is 1.89. The van der Waals surface area contributed by atoms with Crippen molar-refractivity contribution in [3.8, 4) is 10.7 Å². The van der Waals surface area contributed by atoms with Crippen LogP contribution in [-0.4, -0.2) is 16.5 Å². The van der Waals surface area contributed by atoms with Gasteiger partial charge in [0.1, 0.15) is 17.0 Å². The maximum Gasteiger partial charge on any atom is 0.191 e.